The van der Waals surface area contributed by atoms with E-state index in [-0.39, 0.29) is 0 Å². The first-order chi connectivity index (χ1) is 21.1. The highest BCUT2D eigenvalue weighted by Gasteiger charge is 2.42. The molecule has 1 amide bonds. The zero-order valence-corrected chi connectivity index (χ0v) is 24.6. The van der Waals surface area contributed by atoms with Crippen LogP contribution < -0.4 is 15.2 Å². The molecule has 2 saturated heterocycles. The van der Waals surface area contributed by atoms with Gasteiger partial charge in [-0.1, -0.05) is 36.4 Å². The van der Waals surface area contributed by atoms with E-state index in [1.54, 1.807) is 31.4 Å². The molecule has 3 unspecified atom stereocenters. The highest BCUT2D eigenvalue weighted by atomic mass is 19.4. The van der Waals surface area contributed by atoms with Crippen molar-refractivity contribution in [1.29, 1.82) is 0 Å². The Labute approximate surface area is 253 Å². The summed E-state index contributed by atoms with van der Waals surface area (Å²) in [5, 5.41) is 0.760. The first kappa shape index (κ1) is 29.8. The molecule has 0 radical (unpaired) electrons. The number of fused-ring (bicyclic) bond motifs is 3. The monoisotopic (exact) mass is 605 g/mol. The van der Waals surface area contributed by atoms with Crippen molar-refractivity contribution in [3.05, 3.63) is 83.7 Å². The van der Waals surface area contributed by atoms with Crippen LogP contribution in [0.4, 0.5) is 13.2 Å². The zero-order chi connectivity index (χ0) is 31.0. The number of piperidine rings is 1. The van der Waals surface area contributed by atoms with Crippen LogP contribution in [0.2, 0.25) is 0 Å². The number of likely N-dealkylation sites (N-methyl/N-ethyl adjacent to an activating group) is 1. The molecule has 2 aliphatic rings. The second-order valence-electron chi connectivity index (χ2n) is 11.5. The number of likely N-dealkylation sites (tertiary alicyclic amines) is 2. The number of aromatic nitrogens is 2. The van der Waals surface area contributed by atoms with E-state index in [4.69, 9.17) is 15.2 Å². The fraction of sp³-hybridized carbons (Fsp3) is 0.364. The summed E-state index contributed by atoms with van der Waals surface area (Å²) in [5.74, 6) is -0.383. The van der Waals surface area contributed by atoms with Crippen molar-refractivity contribution in [2.75, 3.05) is 40.4 Å². The summed E-state index contributed by atoms with van der Waals surface area (Å²) < 4.78 is 50.9. The molecule has 0 spiro atoms. The Morgan fingerprint density at radius 3 is 2.27 bits per heavy atom. The quantitative estimate of drug-likeness (QED) is 0.252. The van der Waals surface area contributed by atoms with Crippen LogP contribution in [-0.2, 0) is 11.0 Å². The summed E-state index contributed by atoms with van der Waals surface area (Å²) in [6.07, 6.45) is -0.781. The maximum absolute atomic E-state index is 13.0. The summed E-state index contributed by atoms with van der Waals surface area (Å²) >= 11 is 0. The lowest BCUT2D eigenvalue weighted by Crippen LogP contribution is -2.67. The Morgan fingerprint density at radius 2 is 1.66 bits per heavy atom. The average molecular weight is 606 g/mol. The number of carbonyl (C=O) groups excluding carboxylic acids is 1. The topological polar surface area (TPSA) is 93.8 Å². The predicted octanol–water partition coefficient (Wildman–Crippen LogP) is 5.10. The van der Waals surface area contributed by atoms with E-state index in [9.17, 15) is 18.0 Å². The third kappa shape index (κ3) is 5.94. The van der Waals surface area contributed by atoms with Crippen LogP contribution >= 0.6 is 0 Å². The van der Waals surface area contributed by atoms with Gasteiger partial charge >= 0.3 is 6.18 Å². The van der Waals surface area contributed by atoms with Gasteiger partial charge in [0.15, 0.2) is 11.5 Å². The van der Waals surface area contributed by atoms with E-state index in [2.05, 4.69) is 26.8 Å². The molecule has 11 heteroatoms. The van der Waals surface area contributed by atoms with Crippen LogP contribution in [0, 0.1) is 0 Å². The third-order valence-electron chi connectivity index (χ3n) is 8.64. The van der Waals surface area contributed by atoms with Gasteiger partial charge in [0.1, 0.15) is 6.33 Å². The fourth-order valence-corrected chi connectivity index (χ4v) is 6.48. The van der Waals surface area contributed by atoms with Crippen LogP contribution in [0.25, 0.3) is 22.2 Å². The third-order valence-corrected chi connectivity index (χ3v) is 8.64. The minimum atomic E-state index is -4.47. The van der Waals surface area contributed by atoms with Gasteiger partial charge in [0.25, 0.3) is 0 Å². The number of nitrogens with two attached hydrogens (primary N) is 1. The number of alkyl halides is 3. The number of methoxy groups -OCH3 is 1. The summed E-state index contributed by atoms with van der Waals surface area (Å²) in [5.41, 5.74) is 7.93. The molecule has 0 saturated carbocycles. The van der Waals surface area contributed by atoms with Crippen LogP contribution in [-0.4, -0.2) is 78.2 Å². The molecule has 2 bridgehead atoms. The Morgan fingerprint density at radius 1 is 1.00 bits per heavy atom. The number of nitrogens with zero attached hydrogens (tertiary/aromatic N) is 4. The molecular formula is C33H34F3N5O3. The van der Waals surface area contributed by atoms with Crippen molar-refractivity contribution in [2.45, 2.75) is 37.0 Å². The summed E-state index contributed by atoms with van der Waals surface area (Å²) in [6, 6.07) is 16.6. The first-order valence-electron chi connectivity index (χ1n) is 14.6. The second-order valence-corrected chi connectivity index (χ2v) is 11.5. The number of hydrogen-bond acceptors (Lipinski definition) is 7. The lowest BCUT2D eigenvalue weighted by molar-refractivity contribution is -0.137. The number of amides is 1. The molecule has 0 aliphatic carbocycles. The number of piperazine rings is 1. The standard InChI is InChI=1S/C33H34F3N5O3/c1-40-17-24-14-25(18-40)41(24)12-3-13-44-29-16-27-26(15-28(29)43-2)31(39-19-38-27)22-6-4-20(5-7-22)30(32(37)42)21-8-10-23(11-9-21)33(34,35)36/h4-11,15-16,19,24-25,30H,3,12-14,17-18H2,1-2H3,(H2,37,42). The predicted molar refractivity (Wildman–Crippen MR) is 161 cm³/mol. The molecule has 8 nitrogen and oxygen atoms in total. The highest BCUT2D eigenvalue weighted by molar-refractivity contribution is 5.94. The van der Waals surface area contributed by atoms with Gasteiger partial charge < -0.3 is 20.1 Å². The van der Waals surface area contributed by atoms with Crippen LogP contribution in [0.3, 0.4) is 0 Å². The normalized spacial score (nSPS) is 19.4. The Bertz CT molecular complexity index is 1630. The number of ether oxygens (including phenoxy) is 2. The van der Waals surface area contributed by atoms with Gasteiger partial charge in [-0.15, -0.1) is 0 Å². The largest absolute Gasteiger partial charge is 0.493 e. The Hall–Kier alpha value is -4.22. The van der Waals surface area contributed by atoms with Crippen LogP contribution in [0.5, 0.6) is 11.5 Å². The number of benzene rings is 3. The van der Waals surface area contributed by atoms with Crippen molar-refractivity contribution in [3.63, 3.8) is 0 Å². The van der Waals surface area contributed by atoms with Gasteiger partial charge in [-0.25, -0.2) is 9.97 Å². The zero-order valence-electron chi connectivity index (χ0n) is 24.6. The van der Waals surface area contributed by atoms with Crippen LogP contribution in [0.15, 0.2) is 67.0 Å². The summed E-state index contributed by atoms with van der Waals surface area (Å²) in [7, 11) is 3.77. The maximum Gasteiger partial charge on any atom is 0.416 e. The number of hydrogen-bond donors (Lipinski definition) is 1. The van der Waals surface area contributed by atoms with Crippen molar-refractivity contribution < 1.29 is 27.4 Å². The van der Waals surface area contributed by atoms with Crippen molar-refractivity contribution in [3.8, 4) is 22.8 Å². The smallest absolute Gasteiger partial charge is 0.416 e. The SMILES string of the molecule is COc1cc2c(-c3ccc(C(C(N)=O)c4ccc(C(F)(F)F)cc4)cc3)ncnc2cc1OCCCN1C2CC1CN(C)C2. The molecule has 6 rings (SSSR count). The average Bonchev–Trinajstić information content (AvgIpc) is 3.00. The van der Waals surface area contributed by atoms with Crippen LogP contribution in [0.1, 0.15) is 35.4 Å². The maximum atomic E-state index is 13.0. The minimum absolute atomic E-state index is 0.378. The molecule has 2 aliphatic heterocycles. The highest BCUT2D eigenvalue weighted by Crippen LogP contribution is 2.37. The number of carbonyl (C=O) groups is 1. The molecule has 3 atom stereocenters. The summed E-state index contributed by atoms with van der Waals surface area (Å²) in [4.78, 5) is 26.3. The molecule has 44 heavy (non-hydrogen) atoms. The molecule has 2 N–H and O–H groups in total. The van der Waals surface area contributed by atoms with E-state index in [0.717, 1.165) is 49.1 Å². The van der Waals surface area contributed by atoms with Crippen molar-refractivity contribution in [1.82, 2.24) is 19.8 Å². The lowest BCUT2D eigenvalue weighted by atomic mass is 9.87. The molecular weight excluding hydrogens is 571 g/mol. The fourth-order valence-electron chi connectivity index (χ4n) is 6.48. The molecule has 2 fully saturated rings. The van der Waals surface area contributed by atoms with Crippen molar-refractivity contribution >= 4 is 16.8 Å². The Balaban J connectivity index is 1.18. The van der Waals surface area contributed by atoms with E-state index >= 15 is 0 Å². The molecule has 3 aromatic carbocycles. The van der Waals surface area contributed by atoms with Gasteiger partial charge in [-0.3, -0.25) is 9.69 Å². The second kappa shape index (κ2) is 12.0. The molecule has 1 aromatic heterocycles. The molecule has 4 aromatic rings. The molecule has 3 heterocycles. The summed E-state index contributed by atoms with van der Waals surface area (Å²) in [6.45, 7) is 3.83. The lowest BCUT2D eigenvalue weighted by Gasteiger charge is -2.56. The van der Waals surface area contributed by atoms with E-state index in [1.807, 2.05) is 12.1 Å². The minimum Gasteiger partial charge on any atom is -0.493 e. The van der Waals surface area contributed by atoms with Crippen molar-refractivity contribution in [2.24, 2.45) is 5.73 Å². The van der Waals surface area contributed by atoms with Gasteiger partial charge in [-0.05, 0) is 49.2 Å². The van der Waals surface area contributed by atoms with Gasteiger partial charge in [0.2, 0.25) is 5.91 Å². The first-order valence-corrected chi connectivity index (χ1v) is 14.6. The van der Waals surface area contributed by atoms with E-state index in [1.165, 1.54) is 24.9 Å². The Kier molecular flexibility index (Phi) is 8.17. The van der Waals surface area contributed by atoms with Gasteiger partial charge in [-0.2, -0.15) is 13.2 Å². The van der Waals surface area contributed by atoms with Gasteiger partial charge in [0, 0.05) is 48.7 Å². The number of primary amides is 1. The molecule has 230 valence electrons. The number of rotatable bonds is 10. The van der Waals surface area contributed by atoms with Gasteiger partial charge in [0.05, 0.1) is 36.4 Å². The number of halogens is 3. The van der Waals surface area contributed by atoms with E-state index < -0.39 is 23.6 Å². The van der Waals surface area contributed by atoms with E-state index in [0.29, 0.717) is 52.5 Å².